The number of hydrogen-bond acceptors (Lipinski definition) is 7. The van der Waals surface area contributed by atoms with Crippen LogP contribution in [0.3, 0.4) is 0 Å². The van der Waals surface area contributed by atoms with Gasteiger partial charge in [-0.05, 0) is 60.4 Å². The molecule has 1 aromatic heterocycles. The van der Waals surface area contributed by atoms with Crippen LogP contribution in [0.25, 0.3) is 6.08 Å². The van der Waals surface area contributed by atoms with Crippen LogP contribution < -0.4 is 5.32 Å². The second-order valence-corrected chi connectivity index (χ2v) is 9.44. The van der Waals surface area contributed by atoms with Crippen molar-refractivity contribution in [2.24, 2.45) is 0 Å². The van der Waals surface area contributed by atoms with Crippen LogP contribution in [0.15, 0.2) is 36.2 Å². The molecule has 0 bridgehead atoms. The minimum absolute atomic E-state index is 0.0986. The van der Waals surface area contributed by atoms with Crippen LogP contribution in [-0.2, 0) is 33.7 Å². The summed E-state index contributed by atoms with van der Waals surface area (Å²) < 4.78 is 4.91. The summed E-state index contributed by atoms with van der Waals surface area (Å²) in [6.07, 6.45) is 11.3. The molecule has 0 amide bonds. The van der Waals surface area contributed by atoms with Crippen molar-refractivity contribution in [3.63, 3.8) is 0 Å². The van der Waals surface area contributed by atoms with Crippen molar-refractivity contribution in [2.75, 3.05) is 26.5 Å². The van der Waals surface area contributed by atoms with Crippen molar-refractivity contribution < 1.29 is 19.1 Å². The average Bonchev–Trinajstić information content (AvgIpc) is 2.88. The first-order chi connectivity index (χ1) is 16.9. The number of anilines is 1. The molecule has 1 N–H and O–H groups in total. The Morgan fingerprint density at radius 2 is 1.91 bits per heavy atom. The molecule has 1 heterocycles. The molecule has 7 heteroatoms. The Labute approximate surface area is 206 Å². The number of fused-ring (bicyclic) bond motifs is 1. The predicted octanol–water partition coefficient (Wildman–Crippen LogP) is 3.99. The monoisotopic (exact) mass is 475 g/mol. The standard InChI is InChI=1S/C28H33N3O4/c1-29-25-16-30-15-20-12-24(27(33)14-23(20)25)26(32)13-18-9-10-19(28(34)35-3)11-21(18)17-31(2)22-7-5-4-6-8-22/h9-12,15-16,22,29H,4-8,13-14,17H2,1-3H3. The molecule has 0 saturated heterocycles. The van der Waals surface area contributed by atoms with Crippen molar-refractivity contribution in [1.29, 1.82) is 0 Å². The molecular formula is C28H33N3O4. The molecule has 0 spiro atoms. The van der Waals surface area contributed by atoms with E-state index >= 15 is 0 Å². The highest BCUT2D eigenvalue weighted by molar-refractivity contribution is 6.25. The van der Waals surface area contributed by atoms with Gasteiger partial charge >= 0.3 is 5.97 Å². The number of esters is 1. The summed E-state index contributed by atoms with van der Waals surface area (Å²) in [4.78, 5) is 44.9. The van der Waals surface area contributed by atoms with Crippen LogP contribution in [0.4, 0.5) is 5.69 Å². The topological polar surface area (TPSA) is 88.6 Å². The first kappa shape index (κ1) is 24.8. The predicted molar refractivity (Wildman–Crippen MR) is 135 cm³/mol. The number of allylic oxidation sites excluding steroid dienone is 1. The Morgan fingerprint density at radius 3 is 2.63 bits per heavy atom. The summed E-state index contributed by atoms with van der Waals surface area (Å²) in [7, 11) is 5.25. The van der Waals surface area contributed by atoms with E-state index in [4.69, 9.17) is 4.74 Å². The normalized spacial score (nSPS) is 16.0. The Hall–Kier alpha value is -3.32. The van der Waals surface area contributed by atoms with E-state index in [0.717, 1.165) is 40.8 Å². The minimum Gasteiger partial charge on any atom is -0.465 e. The van der Waals surface area contributed by atoms with E-state index in [2.05, 4.69) is 22.2 Å². The first-order valence-corrected chi connectivity index (χ1v) is 12.2. The van der Waals surface area contributed by atoms with E-state index in [0.29, 0.717) is 18.2 Å². The molecule has 184 valence electrons. The summed E-state index contributed by atoms with van der Waals surface area (Å²) >= 11 is 0. The van der Waals surface area contributed by atoms with E-state index < -0.39 is 5.97 Å². The van der Waals surface area contributed by atoms with Gasteiger partial charge in [-0.2, -0.15) is 0 Å². The number of rotatable bonds is 8. The number of carbonyl (C=O) groups excluding carboxylic acids is 3. The number of benzene rings is 1. The molecule has 1 aromatic carbocycles. The van der Waals surface area contributed by atoms with Gasteiger partial charge in [0.25, 0.3) is 0 Å². The SMILES string of the molecule is CNc1cncc2c1CC(=O)C(C(=O)Cc1ccc(C(=O)OC)cc1CN(C)C1CCCCC1)=C2. The van der Waals surface area contributed by atoms with E-state index in [1.165, 1.54) is 26.4 Å². The van der Waals surface area contributed by atoms with Crippen LogP contribution >= 0.6 is 0 Å². The van der Waals surface area contributed by atoms with Gasteiger partial charge in [-0.25, -0.2) is 4.79 Å². The molecule has 2 aromatic rings. The lowest BCUT2D eigenvalue weighted by atomic mass is 9.87. The van der Waals surface area contributed by atoms with Gasteiger partial charge in [-0.15, -0.1) is 0 Å². The maximum Gasteiger partial charge on any atom is 0.337 e. The fraction of sp³-hybridized carbons (Fsp3) is 0.429. The number of carbonyl (C=O) groups is 3. The van der Waals surface area contributed by atoms with Crippen molar-refractivity contribution in [3.8, 4) is 0 Å². The minimum atomic E-state index is -0.404. The Balaban J connectivity index is 1.61. The lowest BCUT2D eigenvalue weighted by Gasteiger charge is -2.31. The molecule has 0 radical (unpaired) electrons. The van der Waals surface area contributed by atoms with Crippen molar-refractivity contribution >= 4 is 29.3 Å². The third-order valence-electron chi connectivity index (χ3n) is 7.19. The number of ether oxygens (including phenoxy) is 1. The van der Waals surface area contributed by atoms with Crippen molar-refractivity contribution in [1.82, 2.24) is 9.88 Å². The van der Waals surface area contributed by atoms with Crippen LogP contribution in [0.1, 0.15) is 64.7 Å². The van der Waals surface area contributed by atoms with Gasteiger partial charge in [0.15, 0.2) is 11.6 Å². The average molecular weight is 476 g/mol. The Kier molecular flexibility index (Phi) is 7.76. The molecule has 1 saturated carbocycles. The zero-order valence-corrected chi connectivity index (χ0v) is 20.7. The third-order valence-corrected chi connectivity index (χ3v) is 7.19. The van der Waals surface area contributed by atoms with Crippen LogP contribution in [0, 0.1) is 0 Å². The quantitative estimate of drug-likeness (QED) is 0.456. The molecule has 2 aliphatic carbocycles. The first-order valence-electron chi connectivity index (χ1n) is 12.2. The molecule has 4 rings (SSSR count). The molecular weight excluding hydrogens is 442 g/mol. The molecule has 0 aliphatic heterocycles. The van der Waals surface area contributed by atoms with Gasteiger partial charge in [0.2, 0.25) is 0 Å². The molecule has 35 heavy (non-hydrogen) atoms. The number of hydrogen-bond donors (Lipinski definition) is 1. The molecule has 1 fully saturated rings. The summed E-state index contributed by atoms with van der Waals surface area (Å²) in [6, 6.07) is 5.82. The maximum atomic E-state index is 13.3. The number of methoxy groups -OCH3 is 1. The van der Waals surface area contributed by atoms with Crippen LogP contribution in [0.2, 0.25) is 0 Å². The Bertz CT molecular complexity index is 1160. The highest BCUT2D eigenvalue weighted by Crippen LogP contribution is 2.29. The molecule has 7 nitrogen and oxygen atoms in total. The molecule has 2 aliphatic rings. The largest absolute Gasteiger partial charge is 0.465 e. The highest BCUT2D eigenvalue weighted by Gasteiger charge is 2.27. The fourth-order valence-electron chi connectivity index (χ4n) is 5.15. The molecule has 0 atom stereocenters. The second kappa shape index (κ2) is 11.0. The summed E-state index contributed by atoms with van der Waals surface area (Å²) in [5, 5.41) is 3.06. The Morgan fingerprint density at radius 1 is 1.14 bits per heavy atom. The number of Topliss-reactive ketones (excluding diaryl/α,β-unsaturated/α-hetero) is 2. The number of ketones is 2. The zero-order chi connectivity index (χ0) is 24.9. The van der Waals surface area contributed by atoms with E-state index in [1.54, 1.807) is 31.6 Å². The van der Waals surface area contributed by atoms with Gasteiger partial charge in [0.05, 0.1) is 30.1 Å². The van der Waals surface area contributed by atoms with Gasteiger partial charge < -0.3 is 10.1 Å². The highest BCUT2D eigenvalue weighted by atomic mass is 16.5. The summed E-state index contributed by atoms with van der Waals surface area (Å²) in [5.74, 6) is -0.806. The number of nitrogens with zero attached hydrogens (tertiary/aromatic N) is 2. The summed E-state index contributed by atoms with van der Waals surface area (Å²) in [6.45, 7) is 0.628. The van der Waals surface area contributed by atoms with E-state index in [-0.39, 0.29) is 30.0 Å². The van der Waals surface area contributed by atoms with E-state index in [1.807, 2.05) is 12.1 Å². The fourth-order valence-corrected chi connectivity index (χ4v) is 5.15. The van der Waals surface area contributed by atoms with E-state index in [9.17, 15) is 14.4 Å². The zero-order valence-electron chi connectivity index (χ0n) is 20.7. The number of aromatic nitrogens is 1. The summed E-state index contributed by atoms with van der Waals surface area (Å²) in [5.41, 5.74) is 4.86. The van der Waals surface area contributed by atoms with Crippen molar-refractivity contribution in [3.05, 3.63) is 64.0 Å². The van der Waals surface area contributed by atoms with Gasteiger partial charge in [-0.3, -0.25) is 19.5 Å². The van der Waals surface area contributed by atoms with Gasteiger partial charge in [0, 0.05) is 38.7 Å². The van der Waals surface area contributed by atoms with Gasteiger partial charge in [0.1, 0.15) is 0 Å². The smallest absolute Gasteiger partial charge is 0.337 e. The maximum absolute atomic E-state index is 13.3. The molecule has 0 unspecified atom stereocenters. The van der Waals surface area contributed by atoms with Gasteiger partial charge in [-0.1, -0.05) is 25.3 Å². The van der Waals surface area contributed by atoms with Crippen LogP contribution in [-0.4, -0.2) is 54.7 Å². The third kappa shape index (κ3) is 5.51. The second-order valence-electron chi connectivity index (χ2n) is 9.44. The number of nitrogens with one attached hydrogen (secondary N) is 1. The van der Waals surface area contributed by atoms with Crippen molar-refractivity contribution in [2.45, 2.75) is 57.5 Å². The lowest BCUT2D eigenvalue weighted by Crippen LogP contribution is -2.33. The number of pyridine rings is 1. The lowest BCUT2D eigenvalue weighted by molar-refractivity contribution is -0.120. The van der Waals surface area contributed by atoms with Crippen LogP contribution in [0.5, 0.6) is 0 Å².